The van der Waals surface area contributed by atoms with Gasteiger partial charge in [-0.1, -0.05) is 35.0 Å². The highest BCUT2D eigenvalue weighted by Crippen LogP contribution is 2.38. The van der Waals surface area contributed by atoms with Crippen molar-refractivity contribution in [1.82, 2.24) is 14.7 Å². The van der Waals surface area contributed by atoms with Crippen LogP contribution in [0.2, 0.25) is 10.0 Å². The number of hydrogen-bond donors (Lipinski definition) is 0. The largest absolute Gasteiger partial charge is 0.495 e. The molecule has 0 N–H and O–H groups in total. The summed E-state index contributed by atoms with van der Waals surface area (Å²) in [5, 5.41) is 4.91. The van der Waals surface area contributed by atoms with E-state index < -0.39 is 5.82 Å². The Balaban J connectivity index is 2.30. The van der Waals surface area contributed by atoms with Crippen LogP contribution in [-0.4, -0.2) is 40.9 Å². The van der Waals surface area contributed by atoms with Crippen molar-refractivity contribution in [2.24, 2.45) is 0 Å². The van der Waals surface area contributed by atoms with E-state index in [1.807, 2.05) is 13.8 Å². The van der Waals surface area contributed by atoms with Gasteiger partial charge < -0.3 is 9.64 Å². The van der Waals surface area contributed by atoms with Crippen molar-refractivity contribution in [3.05, 3.63) is 34.2 Å². The minimum Gasteiger partial charge on any atom is -0.495 e. The molecule has 0 bridgehead atoms. The first kappa shape index (κ1) is 18.9. The summed E-state index contributed by atoms with van der Waals surface area (Å²) in [5.41, 5.74) is 0. The van der Waals surface area contributed by atoms with E-state index >= 15 is 0 Å². The zero-order valence-corrected chi connectivity index (χ0v) is 15.7. The molecule has 1 aromatic carbocycles. The summed E-state index contributed by atoms with van der Waals surface area (Å²) in [6.45, 7) is 4.85. The summed E-state index contributed by atoms with van der Waals surface area (Å²) in [5.74, 6) is -0.179. The molecule has 0 atom stereocenters. The zero-order valence-electron chi connectivity index (χ0n) is 13.3. The van der Waals surface area contributed by atoms with Gasteiger partial charge in [-0.3, -0.25) is 0 Å². The summed E-state index contributed by atoms with van der Waals surface area (Å²) in [6.07, 6.45) is 1.41. The van der Waals surface area contributed by atoms with Crippen LogP contribution in [0, 0.1) is 5.82 Å². The van der Waals surface area contributed by atoms with E-state index in [0.29, 0.717) is 23.9 Å². The molecule has 2 rings (SSSR count). The smallest absolute Gasteiger partial charge is 0.344 e. The molecular weight excluding hydrogens is 376 g/mol. The summed E-state index contributed by atoms with van der Waals surface area (Å²) in [4.78, 5) is 14.1. The Hall–Kier alpha value is -1.44. The highest BCUT2D eigenvalue weighted by molar-refractivity contribution is 7.99. The summed E-state index contributed by atoms with van der Waals surface area (Å²) in [7, 11) is 1.44. The Morgan fingerprint density at radius 1 is 1.33 bits per heavy atom. The van der Waals surface area contributed by atoms with Crippen molar-refractivity contribution in [2.45, 2.75) is 23.8 Å². The van der Waals surface area contributed by atoms with Gasteiger partial charge in [-0.15, -0.1) is 0 Å². The van der Waals surface area contributed by atoms with E-state index in [0.717, 1.165) is 22.5 Å². The Morgan fingerprint density at radius 2 is 2.00 bits per heavy atom. The van der Waals surface area contributed by atoms with Gasteiger partial charge in [0.15, 0.2) is 0 Å². The molecule has 2 aromatic rings. The van der Waals surface area contributed by atoms with Gasteiger partial charge in [0.2, 0.25) is 0 Å². The van der Waals surface area contributed by atoms with E-state index in [1.54, 1.807) is 4.90 Å². The molecule has 5 nitrogen and oxygen atoms in total. The monoisotopic (exact) mass is 391 g/mol. The Morgan fingerprint density at radius 3 is 2.58 bits per heavy atom. The number of rotatable bonds is 5. The SMILES string of the molecule is CCN(CC)C(=O)n1cc(Cl)c(Sc2cc(OC)c(Cl)cc2F)n1. The van der Waals surface area contributed by atoms with Gasteiger partial charge in [0.25, 0.3) is 0 Å². The topological polar surface area (TPSA) is 47.4 Å². The number of methoxy groups -OCH3 is 1. The molecule has 0 unspecified atom stereocenters. The van der Waals surface area contributed by atoms with E-state index in [1.165, 1.54) is 19.4 Å². The second-order valence-electron chi connectivity index (χ2n) is 4.70. The van der Waals surface area contributed by atoms with Crippen LogP contribution in [0.1, 0.15) is 13.8 Å². The molecule has 24 heavy (non-hydrogen) atoms. The maximum atomic E-state index is 14.1. The Kier molecular flexibility index (Phi) is 6.37. The van der Waals surface area contributed by atoms with Gasteiger partial charge >= 0.3 is 6.03 Å². The third-order valence-corrected chi connectivity index (χ3v) is 4.99. The predicted molar refractivity (Wildman–Crippen MR) is 93.0 cm³/mol. The number of halogens is 3. The number of aromatic nitrogens is 2. The van der Waals surface area contributed by atoms with Gasteiger partial charge in [-0.2, -0.15) is 9.78 Å². The normalized spacial score (nSPS) is 10.8. The van der Waals surface area contributed by atoms with E-state index in [2.05, 4.69) is 5.10 Å². The predicted octanol–water partition coefficient (Wildman–Crippen LogP) is 4.80. The molecule has 0 aliphatic carbocycles. The number of ether oxygens (including phenoxy) is 1. The van der Waals surface area contributed by atoms with Crippen LogP contribution in [0.5, 0.6) is 5.75 Å². The molecule has 0 spiro atoms. The Bertz CT molecular complexity index is 751. The van der Waals surface area contributed by atoms with Crippen molar-refractivity contribution in [3.63, 3.8) is 0 Å². The molecule has 1 amide bonds. The van der Waals surface area contributed by atoms with Crippen LogP contribution < -0.4 is 4.74 Å². The molecular formula is C15H16Cl2FN3O2S. The molecule has 0 fully saturated rings. The quantitative estimate of drug-likeness (QED) is 0.734. The summed E-state index contributed by atoms with van der Waals surface area (Å²) >= 11 is 13.0. The van der Waals surface area contributed by atoms with Crippen molar-refractivity contribution in [1.29, 1.82) is 0 Å². The van der Waals surface area contributed by atoms with Crippen molar-refractivity contribution >= 4 is 41.0 Å². The third kappa shape index (κ3) is 3.96. The summed E-state index contributed by atoms with van der Waals surface area (Å²) in [6, 6.07) is 2.33. The zero-order chi connectivity index (χ0) is 17.9. The molecule has 9 heteroatoms. The number of hydrogen-bond acceptors (Lipinski definition) is 4. The van der Waals surface area contributed by atoms with Gasteiger partial charge in [0.1, 0.15) is 16.6 Å². The van der Waals surface area contributed by atoms with E-state index in [-0.39, 0.29) is 21.0 Å². The lowest BCUT2D eigenvalue weighted by atomic mass is 10.3. The van der Waals surface area contributed by atoms with Crippen LogP contribution in [0.15, 0.2) is 28.3 Å². The first-order valence-corrected chi connectivity index (χ1v) is 8.73. The fourth-order valence-corrected chi connectivity index (χ4v) is 3.28. The van der Waals surface area contributed by atoms with Crippen LogP contribution in [0.3, 0.4) is 0 Å². The van der Waals surface area contributed by atoms with Gasteiger partial charge in [-0.05, 0) is 26.0 Å². The van der Waals surface area contributed by atoms with Gasteiger partial charge in [0.05, 0.1) is 28.2 Å². The maximum Gasteiger partial charge on any atom is 0.344 e. The van der Waals surface area contributed by atoms with Crippen molar-refractivity contribution in [2.75, 3.05) is 20.2 Å². The molecule has 0 saturated carbocycles. The minimum atomic E-state index is -0.522. The summed E-state index contributed by atoms with van der Waals surface area (Å²) < 4.78 is 20.3. The molecule has 0 aliphatic rings. The maximum absolute atomic E-state index is 14.1. The van der Waals surface area contributed by atoms with E-state index in [4.69, 9.17) is 27.9 Å². The van der Waals surface area contributed by atoms with Gasteiger partial charge in [0, 0.05) is 13.1 Å². The average Bonchev–Trinajstić information content (AvgIpc) is 2.92. The minimum absolute atomic E-state index is 0.174. The number of benzene rings is 1. The van der Waals surface area contributed by atoms with Crippen molar-refractivity contribution < 1.29 is 13.9 Å². The highest BCUT2D eigenvalue weighted by atomic mass is 35.5. The third-order valence-electron chi connectivity index (χ3n) is 3.28. The fraction of sp³-hybridized carbons (Fsp3) is 0.333. The fourth-order valence-electron chi connectivity index (χ4n) is 1.99. The molecule has 0 aliphatic heterocycles. The average molecular weight is 392 g/mol. The first-order valence-electron chi connectivity index (χ1n) is 7.16. The highest BCUT2D eigenvalue weighted by Gasteiger charge is 2.19. The molecule has 0 saturated heterocycles. The van der Waals surface area contributed by atoms with Gasteiger partial charge in [-0.25, -0.2) is 9.18 Å². The number of carbonyl (C=O) groups excluding carboxylic acids is 1. The molecule has 1 aromatic heterocycles. The van der Waals surface area contributed by atoms with Crippen LogP contribution >= 0.6 is 35.0 Å². The molecule has 0 radical (unpaired) electrons. The number of amides is 1. The second kappa shape index (κ2) is 8.09. The van der Waals surface area contributed by atoms with Crippen LogP contribution in [-0.2, 0) is 0 Å². The lowest BCUT2D eigenvalue weighted by Gasteiger charge is -2.17. The lowest BCUT2D eigenvalue weighted by molar-refractivity contribution is 0.201. The van der Waals surface area contributed by atoms with Crippen molar-refractivity contribution in [3.8, 4) is 5.75 Å². The van der Waals surface area contributed by atoms with E-state index in [9.17, 15) is 9.18 Å². The number of carbonyl (C=O) groups is 1. The number of nitrogens with zero attached hydrogens (tertiary/aromatic N) is 3. The lowest BCUT2D eigenvalue weighted by Crippen LogP contribution is -2.34. The Labute approximate surface area is 153 Å². The second-order valence-corrected chi connectivity index (χ2v) is 6.55. The first-order chi connectivity index (χ1) is 11.4. The molecule has 130 valence electrons. The standard InChI is InChI=1S/C15H16Cl2FN3O2S/c1-4-20(5-2)15(22)21-8-10(17)14(19-21)24-13-7-12(23-3)9(16)6-11(13)18/h6-8H,4-5H2,1-3H3. The van der Waals surface area contributed by atoms with Crippen LogP contribution in [0.4, 0.5) is 9.18 Å². The molecule has 1 heterocycles. The van der Waals surface area contributed by atoms with Crippen LogP contribution in [0.25, 0.3) is 0 Å².